The fourth-order valence-corrected chi connectivity index (χ4v) is 3.26. The maximum absolute atomic E-state index is 13.1. The van der Waals surface area contributed by atoms with E-state index in [4.69, 9.17) is 9.15 Å². The minimum absolute atomic E-state index is 0.0255. The second-order valence-corrected chi connectivity index (χ2v) is 8.17. The monoisotopic (exact) mass is 398 g/mol. The van der Waals surface area contributed by atoms with Crippen LogP contribution in [0.4, 0.5) is 0 Å². The highest BCUT2D eigenvalue weighted by atomic mass is 16.5. The SMILES string of the molecule is CC(C)(C)c1ccc(C(=O)Oc2c(-c3ccccc3)oc3ccccc3c2=O)cc1. The zero-order valence-corrected chi connectivity index (χ0v) is 17.1. The van der Waals surface area contributed by atoms with Crippen molar-refractivity contribution in [2.45, 2.75) is 26.2 Å². The predicted molar refractivity (Wildman–Crippen MR) is 118 cm³/mol. The first-order valence-electron chi connectivity index (χ1n) is 9.78. The molecule has 4 heteroatoms. The van der Waals surface area contributed by atoms with Crippen molar-refractivity contribution in [3.63, 3.8) is 0 Å². The van der Waals surface area contributed by atoms with Gasteiger partial charge < -0.3 is 9.15 Å². The van der Waals surface area contributed by atoms with E-state index >= 15 is 0 Å². The highest BCUT2D eigenvalue weighted by molar-refractivity contribution is 5.93. The Labute approximate surface area is 174 Å². The second kappa shape index (κ2) is 7.64. The van der Waals surface area contributed by atoms with Gasteiger partial charge in [0.15, 0.2) is 5.76 Å². The molecule has 0 aliphatic rings. The Bertz CT molecular complexity index is 1260. The number of esters is 1. The maximum atomic E-state index is 13.1. The Hall–Kier alpha value is -3.66. The molecule has 0 amide bonds. The smallest absolute Gasteiger partial charge is 0.343 e. The van der Waals surface area contributed by atoms with Gasteiger partial charge in [0.1, 0.15) is 5.58 Å². The average Bonchev–Trinajstić information content (AvgIpc) is 2.75. The fraction of sp³-hybridized carbons (Fsp3) is 0.154. The molecule has 4 rings (SSSR count). The molecule has 0 atom stereocenters. The molecule has 4 nitrogen and oxygen atoms in total. The van der Waals surface area contributed by atoms with Crippen molar-refractivity contribution >= 4 is 16.9 Å². The summed E-state index contributed by atoms with van der Waals surface area (Å²) in [6.07, 6.45) is 0. The van der Waals surface area contributed by atoms with E-state index in [1.165, 1.54) is 0 Å². The van der Waals surface area contributed by atoms with Gasteiger partial charge >= 0.3 is 5.97 Å². The molecule has 0 aliphatic carbocycles. The third-order valence-corrected chi connectivity index (χ3v) is 4.97. The fourth-order valence-electron chi connectivity index (χ4n) is 3.26. The molecule has 0 bridgehead atoms. The summed E-state index contributed by atoms with van der Waals surface area (Å²) in [4.78, 5) is 26.0. The second-order valence-electron chi connectivity index (χ2n) is 8.17. The van der Waals surface area contributed by atoms with Gasteiger partial charge in [-0.25, -0.2) is 4.79 Å². The maximum Gasteiger partial charge on any atom is 0.343 e. The summed E-state index contributed by atoms with van der Waals surface area (Å²) in [7, 11) is 0. The van der Waals surface area contributed by atoms with Gasteiger partial charge in [0.25, 0.3) is 0 Å². The molecule has 1 aromatic heterocycles. The lowest BCUT2D eigenvalue weighted by Gasteiger charge is -2.19. The van der Waals surface area contributed by atoms with E-state index in [1.54, 1.807) is 36.4 Å². The van der Waals surface area contributed by atoms with Crippen LogP contribution in [0.1, 0.15) is 36.7 Å². The molecule has 4 aromatic rings. The van der Waals surface area contributed by atoms with E-state index in [0.29, 0.717) is 22.1 Å². The summed E-state index contributed by atoms with van der Waals surface area (Å²) in [6.45, 7) is 6.31. The van der Waals surface area contributed by atoms with Crippen LogP contribution in [0.15, 0.2) is 88.1 Å². The lowest BCUT2D eigenvalue weighted by Crippen LogP contribution is -2.17. The summed E-state index contributed by atoms with van der Waals surface area (Å²) in [5.41, 5.74) is 2.17. The first-order valence-corrected chi connectivity index (χ1v) is 9.78. The van der Waals surface area contributed by atoms with Crippen molar-refractivity contribution in [2.24, 2.45) is 0 Å². The van der Waals surface area contributed by atoms with Crippen LogP contribution in [0.3, 0.4) is 0 Å². The molecular weight excluding hydrogens is 376 g/mol. The molecule has 3 aromatic carbocycles. The molecule has 0 saturated carbocycles. The first-order chi connectivity index (χ1) is 14.3. The Morgan fingerprint density at radius 1 is 0.833 bits per heavy atom. The van der Waals surface area contributed by atoms with Crippen LogP contribution in [-0.2, 0) is 5.41 Å². The third-order valence-electron chi connectivity index (χ3n) is 4.97. The number of carbonyl (C=O) groups is 1. The number of rotatable bonds is 3. The Balaban J connectivity index is 1.79. The van der Waals surface area contributed by atoms with Gasteiger partial charge in [-0.3, -0.25) is 4.79 Å². The van der Waals surface area contributed by atoms with Crippen molar-refractivity contribution in [3.05, 3.63) is 100 Å². The van der Waals surface area contributed by atoms with E-state index in [2.05, 4.69) is 20.8 Å². The van der Waals surface area contributed by atoms with E-state index in [-0.39, 0.29) is 22.4 Å². The summed E-state index contributed by atoms with van der Waals surface area (Å²) in [5, 5.41) is 0.364. The van der Waals surface area contributed by atoms with Gasteiger partial charge in [0.05, 0.1) is 10.9 Å². The van der Waals surface area contributed by atoms with Crippen molar-refractivity contribution in [1.29, 1.82) is 0 Å². The molecular formula is C26H22O4. The lowest BCUT2D eigenvalue weighted by atomic mass is 9.87. The van der Waals surface area contributed by atoms with Gasteiger partial charge in [-0.05, 0) is 35.2 Å². The predicted octanol–water partition coefficient (Wildman–Crippen LogP) is 5.98. The van der Waals surface area contributed by atoms with Crippen LogP contribution in [0.5, 0.6) is 5.75 Å². The molecule has 1 heterocycles. The van der Waals surface area contributed by atoms with E-state index in [1.807, 2.05) is 42.5 Å². The first kappa shape index (κ1) is 19.6. The molecule has 0 saturated heterocycles. The number of carbonyl (C=O) groups excluding carboxylic acids is 1. The highest BCUT2D eigenvalue weighted by Crippen LogP contribution is 2.31. The van der Waals surface area contributed by atoms with E-state index in [0.717, 1.165) is 5.56 Å². The Kier molecular flexibility index (Phi) is 5.00. The van der Waals surface area contributed by atoms with Crippen LogP contribution in [0.2, 0.25) is 0 Å². The minimum Gasteiger partial charge on any atom is -0.452 e. The number of ether oxygens (including phenoxy) is 1. The number of benzene rings is 3. The van der Waals surface area contributed by atoms with E-state index < -0.39 is 5.97 Å². The lowest BCUT2D eigenvalue weighted by molar-refractivity contribution is 0.0731. The van der Waals surface area contributed by atoms with Crippen LogP contribution in [-0.4, -0.2) is 5.97 Å². The Morgan fingerprint density at radius 3 is 2.13 bits per heavy atom. The zero-order valence-electron chi connectivity index (χ0n) is 17.1. The van der Waals surface area contributed by atoms with Crippen LogP contribution < -0.4 is 10.2 Å². The summed E-state index contributed by atoms with van der Waals surface area (Å²) in [6, 6.07) is 23.3. The van der Waals surface area contributed by atoms with Gasteiger partial charge in [0.2, 0.25) is 11.2 Å². The van der Waals surface area contributed by atoms with Crippen LogP contribution in [0, 0.1) is 0 Å². The molecule has 0 unspecified atom stereocenters. The standard InChI is InChI=1S/C26H22O4/c1-26(2,3)19-15-13-18(14-16-19)25(28)30-24-22(27)20-11-7-8-12-21(20)29-23(24)17-9-5-4-6-10-17/h4-16H,1-3H3. The Morgan fingerprint density at radius 2 is 1.47 bits per heavy atom. The summed E-state index contributed by atoms with van der Waals surface area (Å²) >= 11 is 0. The topological polar surface area (TPSA) is 56.5 Å². The van der Waals surface area contributed by atoms with Gasteiger partial charge in [-0.1, -0.05) is 75.4 Å². The summed E-state index contributed by atoms with van der Waals surface area (Å²) in [5.74, 6) is -0.473. The molecule has 0 spiro atoms. The van der Waals surface area contributed by atoms with Gasteiger partial charge in [-0.15, -0.1) is 0 Å². The molecule has 0 radical (unpaired) electrons. The van der Waals surface area contributed by atoms with Crippen molar-refractivity contribution in [3.8, 4) is 17.1 Å². The molecule has 0 N–H and O–H groups in total. The molecule has 150 valence electrons. The zero-order chi connectivity index (χ0) is 21.3. The van der Waals surface area contributed by atoms with Crippen molar-refractivity contribution in [1.82, 2.24) is 0 Å². The van der Waals surface area contributed by atoms with Crippen molar-refractivity contribution in [2.75, 3.05) is 0 Å². The number of fused-ring (bicyclic) bond motifs is 1. The third kappa shape index (κ3) is 3.77. The number of hydrogen-bond donors (Lipinski definition) is 0. The minimum atomic E-state index is -0.602. The van der Waals surface area contributed by atoms with Crippen LogP contribution >= 0.6 is 0 Å². The van der Waals surface area contributed by atoms with Gasteiger partial charge in [0, 0.05) is 5.56 Å². The van der Waals surface area contributed by atoms with Crippen LogP contribution in [0.25, 0.3) is 22.3 Å². The quantitative estimate of drug-likeness (QED) is 0.399. The molecule has 30 heavy (non-hydrogen) atoms. The molecule has 0 aliphatic heterocycles. The number of para-hydroxylation sites is 1. The van der Waals surface area contributed by atoms with E-state index in [9.17, 15) is 9.59 Å². The largest absolute Gasteiger partial charge is 0.452 e. The summed E-state index contributed by atoms with van der Waals surface area (Å²) < 4.78 is 11.6. The normalized spacial score (nSPS) is 11.4. The van der Waals surface area contributed by atoms with Crippen molar-refractivity contribution < 1.29 is 13.9 Å². The number of hydrogen-bond acceptors (Lipinski definition) is 4. The molecule has 0 fully saturated rings. The highest BCUT2D eigenvalue weighted by Gasteiger charge is 2.21. The van der Waals surface area contributed by atoms with Gasteiger partial charge in [-0.2, -0.15) is 0 Å². The average molecular weight is 398 g/mol.